The van der Waals surface area contributed by atoms with E-state index in [0.717, 1.165) is 40.6 Å². The molecule has 2 atom stereocenters. The lowest BCUT2D eigenvalue weighted by Crippen LogP contribution is -2.38. The van der Waals surface area contributed by atoms with Crippen LogP contribution in [-0.2, 0) is 0 Å². The second-order valence-corrected chi connectivity index (χ2v) is 7.83. The van der Waals surface area contributed by atoms with Crippen molar-refractivity contribution < 1.29 is 9.53 Å². The molecular formula is C20H24N2O2S. The lowest BCUT2D eigenvalue weighted by molar-refractivity contribution is 0.0749. The molecular weight excluding hydrogens is 332 g/mol. The standard InChI is InChI=1S/C20H24N2O2S/c1-2-24-17-12-18(14-6-4-3-5-7-14)25-19(17)20(23)22-11-10-15-8-9-16(13-22)21-15/h3-7,12,15-16,21H,2,8-11,13H2,1H3. The highest BCUT2D eigenvalue weighted by Crippen LogP contribution is 2.37. The third kappa shape index (κ3) is 3.44. The number of rotatable bonds is 4. The smallest absolute Gasteiger partial charge is 0.267 e. The summed E-state index contributed by atoms with van der Waals surface area (Å²) < 4.78 is 5.79. The fraction of sp³-hybridized carbons (Fsp3) is 0.450. The molecule has 2 saturated heterocycles. The van der Waals surface area contributed by atoms with Crippen LogP contribution in [0.3, 0.4) is 0 Å². The van der Waals surface area contributed by atoms with Crippen LogP contribution in [-0.4, -0.2) is 42.6 Å². The number of nitrogens with zero attached hydrogens (tertiary/aromatic N) is 1. The highest BCUT2D eigenvalue weighted by Gasteiger charge is 2.33. The Morgan fingerprint density at radius 2 is 2.04 bits per heavy atom. The number of hydrogen-bond donors (Lipinski definition) is 1. The first-order valence-corrected chi connectivity index (χ1v) is 9.93. The molecule has 5 heteroatoms. The van der Waals surface area contributed by atoms with Gasteiger partial charge in [-0.05, 0) is 37.8 Å². The molecule has 2 aliphatic rings. The van der Waals surface area contributed by atoms with Crippen molar-refractivity contribution in [3.8, 4) is 16.2 Å². The first kappa shape index (κ1) is 16.6. The van der Waals surface area contributed by atoms with Gasteiger partial charge < -0.3 is 15.0 Å². The highest BCUT2D eigenvalue weighted by atomic mass is 32.1. The number of likely N-dealkylation sites (tertiary alicyclic amines) is 1. The van der Waals surface area contributed by atoms with Gasteiger partial charge in [0.1, 0.15) is 10.6 Å². The average molecular weight is 356 g/mol. The van der Waals surface area contributed by atoms with Gasteiger partial charge in [0.05, 0.1) is 6.61 Å². The molecule has 1 N–H and O–H groups in total. The lowest BCUT2D eigenvalue weighted by atomic mass is 10.1. The van der Waals surface area contributed by atoms with Gasteiger partial charge in [-0.15, -0.1) is 11.3 Å². The molecule has 1 aromatic heterocycles. The lowest BCUT2D eigenvalue weighted by Gasteiger charge is -2.24. The highest BCUT2D eigenvalue weighted by molar-refractivity contribution is 7.17. The largest absolute Gasteiger partial charge is 0.492 e. The Hall–Kier alpha value is -1.85. The Labute approximate surface area is 152 Å². The molecule has 4 nitrogen and oxygen atoms in total. The fourth-order valence-corrected chi connectivity index (χ4v) is 4.88. The second kappa shape index (κ2) is 7.18. The van der Waals surface area contributed by atoms with E-state index in [0.29, 0.717) is 18.7 Å². The summed E-state index contributed by atoms with van der Waals surface area (Å²) >= 11 is 1.54. The van der Waals surface area contributed by atoms with E-state index in [-0.39, 0.29) is 5.91 Å². The van der Waals surface area contributed by atoms with Crippen molar-refractivity contribution in [2.75, 3.05) is 19.7 Å². The molecule has 2 aliphatic heterocycles. The number of carbonyl (C=O) groups is 1. The van der Waals surface area contributed by atoms with Gasteiger partial charge in [0, 0.05) is 30.1 Å². The summed E-state index contributed by atoms with van der Waals surface area (Å²) in [5, 5.41) is 3.64. The minimum Gasteiger partial charge on any atom is -0.492 e. The summed E-state index contributed by atoms with van der Waals surface area (Å²) in [6, 6.07) is 13.2. The number of fused-ring (bicyclic) bond motifs is 2. The van der Waals surface area contributed by atoms with E-state index < -0.39 is 0 Å². The van der Waals surface area contributed by atoms with E-state index in [1.54, 1.807) is 11.3 Å². The molecule has 25 heavy (non-hydrogen) atoms. The zero-order chi connectivity index (χ0) is 17.2. The van der Waals surface area contributed by atoms with E-state index in [4.69, 9.17) is 4.74 Å². The van der Waals surface area contributed by atoms with Crippen molar-refractivity contribution in [1.29, 1.82) is 0 Å². The van der Waals surface area contributed by atoms with Crippen molar-refractivity contribution in [2.45, 2.75) is 38.3 Å². The quantitative estimate of drug-likeness (QED) is 0.906. The number of carbonyl (C=O) groups excluding carboxylic acids is 1. The van der Waals surface area contributed by atoms with E-state index in [9.17, 15) is 4.79 Å². The van der Waals surface area contributed by atoms with E-state index >= 15 is 0 Å². The van der Waals surface area contributed by atoms with Gasteiger partial charge in [-0.1, -0.05) is 30.3 Å². The molecule has 2 bridgehead atoms. The predicted octanol–water partition coefficient (Wildman–Crippen LogP) is 3.78. The number of amides is 1. The van der Waals surface area contributed by atoms with E-state index in [2.05, 4.69) is 17.4 Å². The van der Waals surface area contributed by atoms with Gasteiger partial charge in [-0.2, -0.15) is 0 Å². The van der Waals surface area contributed by atoms with Crippen LogP contribution >= 0.6 is 11.3 Å². The average Bonchev–Trinajstić information content (AvgIpc) is 3.19. The molecule has 0 spiro atoms. The Morgan fingerprint density at radius 1 is 1.24 bits per heavy atom. The van der Waals surface area contributed by atoms with Crippen LogP contribution in [0.4, 0.5) is 0 Å². The predicted molar refractivity (Wildman–Crippen MR) is 101 cm³/mol. The molecule has 0 saturated carbocycles. The maximum Gasteiger partial charge on any atom is 0.267 e. The van der Waals surface area contributed by atoms with Crippen LogP contribution in [0, 0.1) is 0 Å². The minimum atomic E-state index is 0.116. The molecule has 0 aliphatic carbocycles. The Balaban J connectivity index is 1.61. The minimum absolute atomic E-state index is 0.116. The second-order valence-electron chi connectivity index (χ2n) is 6.78. The maximum absolute atomic E-state index is 13.2. The number of thiophene rings is 1. The summed E-state index contributed by atoms with van der Waals surface area (Å²) in [6.45, 7) is 4.16. The number of benzene rings is 1. The molecule has 4 rings (SSSR count). The Bertz CT molecular complexity index is 743. The molecule has 1 amide bonds. The van der Waals surface area contributed by atoms with Gasteiger partial charge in [-0.3, -0.25) is 4.79 Å². The third-order valence-electron chi connectivity index (χ3n) is 5.06. The molecule has 132 valence electrons. The summed E-state index contributed by atoms with van der Waals surface area (Å²) in [7, 11) is 0. The molecule has 2 aromatic rings. The number of nitrogens with one attached hydrogen (secondary N) is 1. The molecule has 0 radical (unpaired) electrons. The van der Waals surface area contributed by atoms with Gasteiger partial charge in [0.25, 0.3) is 5.91 Å². The zero-order valence-electron chi connectivity index (χ0n) is 14.5. The zero-order valence-corrected chi connectivity index (χ0v) is 15.3. The van der Waals surface area contributed by atoms with Gasteiger partial charge in [0.2, 0.25) is 0 Å². The monoisotopic (exact) mass is 356 g/mol. The van der Waals surface area contributed by atoms with Crippen molar-refractivity contribution >= 4 is 17.2 Å². The molecule has 2 unspecified atom stereocenters. The summed E-state index contributed by atoms with van der Waals surface area (Å²) in [6.07, 6.45) is 3.46. The number of hydrogen-bond acceptors (Lipinski definition) is 4. The molecule has 1 aromatic carbocycles. The van der Waals surface area contributed by atoms with Crippen LogP contribution in [0.15, 0.2) is 36.4 Å². The SMILES string of the molecule is CCOc1cc(-c2ccccc2)sc1C(=O)N1CCC2CCC(C1)N2. The van der Waals surface area contributed by atoms with Crippen LogP contribution in [0.25, 0.3) is 10.4 Å². The van der Waals surface area contributed by atoms with E-state index in [1.807, 2.05) is 36.1 Å². The van der Waals surface area contributed by atoms with E-state index in [1.165, 1.54) is 12.8 Å². The number of ether oxygens (including phenoxy) is 1. The normalized spacial score (nSPS) is 22.7. The summed E-state index contributed by atoms with van der Waals surface area (Å²) in [4.78, 5) is 17.0. The third-order valence-corrected chi connectivity index (χ3v) is 6.21. The van der Waals surface area contributed by atoms with Gasteiger partial charge in [-0.25, -0.2) is 0 Å². The summed E-state index contributed by atoms with van der Waals surface area (Å²) in [5.41, 5.74) is 1.13. The van der Waals surface area contributed by atoms with Crippen molar-refractivity contribution in [3.63, 3.8) is 0 Å². The Kier molecular flexibility index (Phi) is 4.77. The topological polar surface area (TPSA) is 41.6 Å². The van der Waals surface area contributed by atoms with Gasteiger partial charge >= 0.3 is 0 Å². The van der Waals surface area contributed by atoms with Crippen LogP contribution < -0.4 is 10.1 Å². The molecule has 3 heterocycles. The molecule has 2 fully saturated rings. The van der Waals surface area contributed by atoms with Crippen molar-refractivity contribution in [3.05, 3.63) is 41.3 Å². The maximum atomic E-state index is 13.2. The first-order valence-electron chi connectivity index (χ1n) is 9.12. The van der Waals surface area contributed by atoms with Crippen LogP contribution in [0.2, 0.25) is 0 Å². The summed E-state index contributed by atoms with van der Waals surface area (Å²) in [5.74, 6) is 0.837. The fourth-order valence-electron chi connectivity index (χ4n) is 3.80. The van der Waals surface area contributed by atoms with Crippen molar-refractivity contribution in [2.24, 2.45) is 0 Å². The van der Waals surface area contributed by atoms with Crippen LogP contribution in [0.1, 0.15) is 35.9 Å². The van der Waals surface area contributed by atoms with Gasteiger partial charge in [0.15, 0.2) is 0 Å². The van der Waals surface area contributed by atoms with Crippen molar-refractivity contribution in [1.82, 2.24) is 10.2 Å². The Morgan fingerprint density at radius 3 is 2.84 bits per heavy atom. The van der Waals surface area contributed by atoms with Crippen LogP contribution in [0.5, 0.6) is 5.75 Å². The first-order chi connectivity index (χ1) is 12.2.